The number of rotatable bonds is 2. The van der Waals surface area contributed by atoms with Crippen LogP contribution in [0.2, 0.25) is 0 Å². The minimum atomic E-state index is -0.417. The lowest BCUT2D eigenvalue weighted by Gasteiger charge is -2.59. The van der Waals surface area contributed by atoms with Crippen LogP contribution in [0.3, 0.4) is 0 Å². The first-order valence-electron chi connectivity index (χ1n) is 6.06. The van der Waals surface area contributed by atoms with E-state index in [4.69, 9.17) is 4.74 Å². The standard InChI is InChI=1S/C13H20O2/c1-9(2)15-13-6-10-3-11(7-13)5-12(14,4-10)8-13/h10-11,14H,1,3-8H2,2H3. The first kappa shape index (κ1) is 9.71. The molecule has 2 unspecified atom stereocenters. The molecule has 2 heteroatoms. The molecule has 4 aliphatic rings. The Hall–Kier alpha value is -0.500. The average molecular weight is 208 g/mol. The van der Waals surface area contributed by atoms with E-state index in [2.05, 4.69) is 6.58 Å². The Bertz CT molecular complexity index is 294. The van der Waals surface area contributed by atoms with Gasteiger partial charge in [0.15, 0.2) is 0 Å². The lowest BCUT2D eigenvalue weighted by Crippen LogP contribution is -2.59. The van der Waals surface area contributed by atoms with Crippen molar-refractivity contribution >= 4 is 0 Å². The van der Waals surface area contributed by atoms with E-state index in [0.717, 1.165) is 37.9 Å². The van der Waals surface area contributed by atoms with Crippen molar-refractivity contribution in [1.82, 2.24) is 0 Å². The molecule has 0 heterocycles. The van der Waals surface area contributed by atoms with E-state index in [-0.39, 0.29) is 5.60 Å². The van der Waals surface area contributed by atoms with Crippen LogP contribution < -0.4 is 0 Å². The largest absolute Gasteiger partial charge is 0.492 e. The smallest absolute Gasteiger partial charge is 0.112 e. The first-order chi connectivity index (χ1) is 6.99. The molecule has 4 fully saturated rings. The number of hydrogen-bond donors (Lipinski definition) is 1. The van der Waals surface area contributed by atoms with Gasteiger partial charge in [0, 0.05) is 6.42 Å². The Morgan fingerprint density at radius 3 is 2.33 bits per heavy atom. The van der Waals surface area contributed by atoms with Gasteiger partial charge in [-0.25, -0.2) is 0 Å². The lowest BCUT2D eigenvalue weighted by molar-refractivity contribution is -0.205. The summed E-state index contributed by atoms with van der Waals surface area (Å²) in [4.78, 5) is 0. The van der Waals surface area contributed by atoms with Crippen LogP contribution in [-0.4, -0.2) is 16.3 Å². The molecule has 0 aliphatic heterocycles. The van der Waals surface area contributed by atoms with E-state index in [9.17, 15) is 5.11 Å². The van der Waals surface area contributed by atoms with Gasteiger partial charge < -0.3 is 9.84 Å². The summed E-state index contributed by atoms with van der Waals surface area (Å²) in [6.07, 6.45) is 6.43. The van der Waals surface area contributed by atoms with E-state index in [1.54, 1.807) is 0 Å². The van der Waals surface area contributed by atoms with Crippen LogP contribution >= 0.6 is 0 Å². The second-order valence-electron chi connectivity index (χ2n) is 6.17. The van der Waals surface area contributed by atoms with Crippen LogP contribution in [0.5, 0.6) is 0 Å². The maximum atomic E-state index is 10.5. The minimum Gasteiger partial charge on any atom is -0.492 e. The summed E-state index contributed by atoms with van der Waals surface area (Å²) < 4.78 is 5.96. The van der Waals surface area contributed by atoms with Gasteiger partial charge in [0.05, 0.1) is 11.4 Å². The van der Waals surface area contributed by atoms with Crippen molar-refractivity contribution in [1.29, 1.82) is 0 Å². The summed E-state index contributed by atoms with van der Waals surface area (Å²) in [5.41, 5.74) is -0.482. The molecule has 15 heavy (non-hydrogen) atoms. The third-order valence-electron chi connectivity index (χ3n) is 4.37. The highest BCUT2D eigenvalue weighted by atomic mass is 16.5. The van der Waals surface area contributed by atoms with Crippen LogP contribution in [0.15, 0.2) is 12.3 Å². The third kappa shape index (κ3) is 1.50. The summed E-state index contributed by atoms with van der Waals surface area (Å²) in [6.45, 7) is 5.77. The fraction of sp³-hybridized carbons (Fsp3) is 0.846. The van der Waals surface area contributed by atoms with Crippen molar-refractivity contribution in [3.8, 4) is 0 Å². The van der Waals surface area contributed by atoms with Crippen molar-refractivity contribution in [3.05, 3.63) is 12.3 Å². The molecule has 4 saturated carbocycles. The number of hydrogen-bond acceptors (Lipinski definition) is 2. The van der Waals surface area contributed by atoms with E-state index >= 15 is 0 Å². The van der Waals surface area contributed by atoms with Crippen LogP contribution in [0.25, 0.3) is 0 Å². The van der Waals surface area contributed by atoms with Crippen molar-refractivity contribution in [2.45, 2.75) is 56.7 Å². The summed E-state index contributed by atoms with van der Waals surface area (Å²) in [5.74, 6) is 2.19. The molecule has 0 aromatic carbocycles. The molecule has 1 N–H and O–H groups in total. The van der Waals surface area contributed by atoms with Gasteiger partial charge in [0.25, 0.3) is 0 Å². The average Bonchev–Trinajstić information content (AvgIpc) is 1.94. The van der Waals surface area contributed by atoms with Gasteiger partial charge in [-0.15, -0.1) is 0 Å². The predicted molar refractivity (Wildman–Crippen MR) is 58.3 cm³/mol. The molecule has 0 saturated heterocycles. The zero-order valence-corrected chi connectivity index (χ0v) is 9.46. The topological polar surface area (TPSA) is 29.5 Å². The van der Waals surface area contributed by atoms with E-state index < -0.39 is 5.60 Å². The maximum absolute atomic E-state index is 10.5. The molecule has 0 spiro atoms. The van der Waals surface area contributed by atoms with Crippen molar-refractivity contribution < 1.29 is 9.84 Å². The van der Waals surface area contributed by atoms with E-state index in [1.807, 2.05) is 6.92 Å². The molecule has 4 bridgehead atoms. The monoisotopic (exact) mass is 208 g/mol. The van der Waals surface area contributed by atoms with Crippen molar-refractivity contribution in [2.24, 2.45) is 11.8 Å². The Labute approximate surface area is 91.3 Å². The Morgan fingerprint density at radius 1 is 1.27 bits per heavy atom. The predicted octanol–water partition coefficient (Wildman–Crippen LogP) is 2.62. The van der Waals surface area contributed by atoms with E-state index in [0.29, 0.717) is 11.8 Å². The lowest BCUT2D eigenvalue weighted by atomic mass is 9.52. The summed E-state index contributed by atoms with van der Waals surface area (Å²) in [7, 11) is 0. The molecular formula is C13H20O2. The molecule has 2 nitrogen and oxygen atoms in total. The quantitative estimate of drug-likeness (QED) is 0.707. The molecule has 4 rings (SSSR count). The fourth-order valence-corrected chi connectivity index (χ4v) is 4.62. The Kier molecular flexibility index (Phi) is 1.80. The fourth-order valence-electron chi connectivity index (χ4n) is 4.62. The number of ether oxygens (including phenoxy) is 1. The summed E-state index contributed by atoms with van der Waals surface area (Å²) in [5, 5.41) is 10.5. The van der Waals surface area contributed by atoms with Gasteiger partial charge in [0.1, 0.15) is 5.60 Å². The molecule has 0 amide bonds. The minimum absolute atomic E-state index is 0.0648. The molecule has 0 aromatic rings. The zero-order valence-electron chi connectivity index (χ0n) is 9.46. The second-order valence-corrected chi connectivity index (χ2v) is 6.17. The van der Waals surface area contributed by atoms with E-state index in [1.165, 1.54) is 6.42 Å². The highest BCUT2D eigenvalue weighted by Gasteiger charge is 2.58. The van der Waals surface area contributed by atoms with Crippen LogP contribution in [-0.2, 0) is 4.74 Å². The zero-order chi connectivity index (χ0) is 10.7. The Morgan fingerprint density at radius 2 is 1.87 bits per heavy atom. The van der Waals surface area contributed by atoms with Gasteiger partial charge in [-0.3, -0.25) is 0 Å². The van der Waals surface area contributed by atoms with Gasteiger partial charge in [0.2, 0.25) is 0 Å². The SMILES string of the molecule is C=C(C)OC12CC3CC(CC(O)(C3)C1)C2. The molecule has 2 atom stereocenters. The molecule has 4 aliphatic carbocycles. The number of aliphatic hydroxyl groups is 1. The highest BCUT2D eigenvalue weighted by molar-refractivity contribution is 5.11. The molecule has 84 valence electrons. The second kappa shape index (κ2) is 2.79. The normalized spacial score (nSPS) is 51.9. The van der Waals surface area contributed by atoms with Crippen LogP contribution in [0.1, 0.15) is 45.4 Å². The molecular weight excluding hydrogens is 188 g/mol. The highest BCUT2D eigenvalue weighted by Crippen LogP contribution is 2.59. The van der Waals surface area contributed by atoms with Crippen molar-refractivity contribution in [2.75, 3.05) is 0 Å². The van der Waals surface area contributed by atoms with Gasteiger partial charge >= 0.3 is 0 Å². The maximum Gasteiger partial charge on any atom is 0.112 e. The molecule has 0 aromatic heterocycles. The number of allylic oxidation sites excluding steroid dienone is 1. The molecule has 0 radical (unpaired) electrons. The van der Waals surface area contributed by atoms with Crippen LogP contribution in [0.4, 0.5) is 0 Å². The third-order valence-corrected chi connectivity index (χ3v) is 4.37. The Balaban J connectivity index is 1.89. The summed E-state index contributed by atoms with van der Waals surface area (Å²) >= 11 is 0. The van der Waals surface area contributed by atoms with Gasteiger partial charge in [-0.1, -0.05) is 6.58 Å². The van der Waals surface area contributed by atoms with Gasteiger partial charge in [-0.05, 0) is 50.9 Å². The van der Waals surface area contributed by atoms with Crippen LogP contribution in [0, 0.1) is 11.8 Å². The summed E-state index contributed by atoms with van der Waals surface area (Å²) in [6, 6.07) is 0. The van der Waals surface area contributed by atoms with Crippen molar-refractivity contribution in [3.63, 3.8) is 0 Å². The first-order valence-corrected chi connectivity index (χ1v) is 6.06. The van der Waals surface area contributed by atoms with Gasteiger partial charge in [-0.2, -0.15) is 0 Å².